The van der Waals surface area contributed by atoms with Gasteiger partial charge in [-0.3, -0.25) is 34.8 Å². The van der Waals surface area contributed by atoms with E-state index in [-0.39, 0.29) is 27.3 Å². The number of hydrogen-bond donors (Lipinski definition) is 0. The van der Waals surface area contributed by atoms with E-state index in [1.54, 1.807) is 18.6 Å². The van der Waals surface area contributed by atoms with Crippen LogP contribution in [0.3, 0.4) is 0 Å². The van der Waals surface area contributed by atoms with E-state index in [0.717, 1.165) is 36.7 Å². The minimum Gasteiger partial charge on any atom is -0.298 e. The summed E-state index contributed by atoms with van der Waals surface area (Å²) in [6, 6.07) is 17.4. The van der Waals surface area contributed by atoms with E-state index in [2.05, 4.69) is 34.8 Å². The molecule has 42 heavy (non-hydrogen) atoms. The van der Waals surface area contributed by atoms with Gasteiger partial charge in [0.1, 0.15) is 0 Å². The van der Waals surface area contributed by atoms with Gasteiger partial charge in [0.2, 0.25) is 0 Å². The van der Waals surface area contributed by atoms with Crippen molar-refractivity contribution in [3.05, 3.63) is 90.3 Å². The van der Waals surface area contributed by atoms with Gasteiger partial charge in [-0.1, -0.05) is 18.2 Å². The van der Waals surface area contributed by atoms with Crippen LogP contribution in [0.25, 0.3) is 0 Å². The van der Waals surface area contributed by atoms with Gasteiger partial charge in [0.05, 0.1) is 36.7 Å². The Morgan fingerprint density at radius 1 is 0.524 bits per heavy atom. The van der Waals surface area contributed by atoms with E-state index in [9.17, 15) is 0 Å². The normalized spacial score (nSPS) is 11.6. The maximum absolute atomic E-state index is 8.49. The van der Waals surface area contributed by atoms with Crippen LogP contribution < -0.4 is 37.3 Å². The number of halogens is 2. The van der Waals surface area contributed by atoms with Gasteiger partial charge in [0.25, 0.3) is 0 Å². The fraction of sp³-hybridized carbons (Fsp3) is 0.250. The van der Waals surface area contributed by atoms with Crippen LogP contribution in [0, 0.1) is 20.5 Å². The van der Waals surface area contributed by atoms with Crippen LogP contribution in [0.1, 0.15) is 17.1 Å². The molecule has 3 aromatic rings. The van der Waals surface area contributed by atoms with Crippen molar-refractivity contribution in [2.45, 2.75) is 0 Å². The molecule has 0 amide bonds. The van der Waals surface area contributed by atoms with Crippen molar-refractivity contribution in [1.29, 1.82) is 0 Å². The molecule has 3 aromatic heterocycles. The Balaban J connectivity index is 0.00000132. The number of rotatable bonds is 12. The van der Waals surface area contributed by atoms with Crippen molar-refractivity contribution in [3.63, 3.8) is 0 Å². The first-order chi connectivity index (χ1) is 19.4. The Morgan fingerprint density at radius 2 is 0.786 bits per heavy atom. The van der Waals surface area contributed by atoms with Gasteiger partial charge in [-0.2, -0.15) is 0 Å². The molecule has 0 radical (unpaired) electrons. The van der Waals surface area contributed by atoms with E-state index in [0.29, 0.717) is 19.6 Å². The fourth-order valence-electron chi connectivity index (χ4n) is 2.76. The van der Waals surface area contributed by atoms with E-state index >= 15 is 0 Å². The van der Waals surface area contributed by atoms with Crippen molar-refractivity contribution >= 4 is 18.6 Å². The SMILES string of the molecule is C(=NCCN(CCN=Cc1ccccn1)CCN=Cc1ccccn1)c1ccccn1.[Cd+2].[O-][Cl+3]([O-])([O-])[O-].[O-][Cl+3]([O-])([O-])[O-]. The Kier molecular flexibility index (Phi) is 21.8. The van der Waals surface area contributed by atoms with E-state index in [4.69, 9.17) is 37.3 Å². The molecule has 0 bridgehead atoms. The standard InChI is InChI=1S/C24H27N7.Cd.2ClHO4/c1-4-10-28-22(7-1)19-25-13-16-31(17-14-26-20-23-8-2-5-11-29-23)18-15-27-21-24-9-3-6-12-30-24;;2*2-1(3,4)5/h1-12,19-21H,13-18H2;;2*(H,2,3,4,5)/q;+2;;/p-2. The topological polar surface area (TPSA) is 263 Å². The van der Waals surface area contributed by atoms with Gasteiger partial charge < -0.3 is 0 Å². The Morgan fingerprint density at radius 3 is 1.00 bits per heavy atom. The van der Waals surface area contributed by atoms with Crippen LogP contribution >= 0.6 is 0 Å². The largest absolute Gasteiger partial charge is 2.00 e. The first-order valence-electron chi connectivity index (χ1n) is 11.6. The Hall–Kier alpha value is -2.40. The summed E-state index contributed by atoms with van der Waals surface area (Å²) in [6.07, 6.45) is 10.8. The first kappa shape index (κ1) is 39.6. The average molecular weight is 725 g/mol. The quantitative estimate of drug-likeness (QED) is 0.125. The number of hydrogen-bond acceptors (Lipinski definition) is 15. The summed E-state index contributed by atoms with van der Waals surface area (Å²) < 4.78 is 67.9. The van der Waals surface area contributed by atoms with Crippen LogP contribution in [-0.2, 0) is 27.3 Å². The van der Waals surface area contributed by atoms with Gasteiger partial charge >= 0.3 is 27.3 Å². The zero-order chi connectivity index (χ0) is 30.4. The molecule has 0 N–H and O–H groups in total. The summed E-state index contributed by atoms with van der Waals surface area (Å²) in [5.41, 5.74) is 2.61. The summed E-state index contributed by atoms with van der Waals surface area (Å²) in [5, 5.41) is 0. The molecule has 18 heteroatoms. The molecule has 0 atom stereocenters. The monoisotopic (exact) mass is 725 g/mol. The van der Waals surface area contributed by atoms with Crippen molar-refractivity contribution in [3.8, 4) is 0 Å². The van der Waals surface area contributed by atoms with E-state index < -0.39 is 20.5 Å². The molecule has 0 fully saturated rings. The predicted octanol–water partition coefficient (Wildman–Crippen LogP) is -6.68. The fourth-order valence-corrected chi connectivity index (χ4v) is 2.76. The average Bonchev–Trinajstić information content (AvgIpc) is 2.91. The minimum absolute atomic E-state index is 0. The predicted molar refractivity (Wildman–Crippen MR) is 127 cm³/mol. The molecule has 0 unspecified atom stereocenters. The zero-order valence-corrected chi connectivity index (χ0v) is 27.8. The molecule has 0 spiro atoms. The van der Waals surface area contributed by atoms with Crippen LogP contribution in [0.15, 0.2) is 88.2 Å². The first-order valence-corrected chi connectivity index (χ1v) is 14.1. The Labute approximate surface area is 267 Å². The number of aliphatic imine (C=N–C) groups is 3. The van der Waals surface area contributed by atoms with E-state index in [1.165, 1.54) is 0 Å². The van der Waals surface area contributed by atoms with Crippen molar-refractivity contribution in [1.82, 2.24) is 19.9 Å². The van der Waals surface area contributed by atoms with Crippen molar-refractivity contribution < 1.29 is 85.1 Å². The summed E-state index contributed by atoms with van der Waals surface area (Å²) in [7, 11) is -9.89. The molecule has 0 aliphatic heterocycles. The summed E-state index contributed by atoms with van der Waals surface area (Å²) in [4.78, 5) is 28.6. The van der Waals surface area contributed by atoms with Gasteiger partial charge in [-0.25, -0.2) is 37.3 Å². The van der Waals surface area contributed by atoms with Gasteiger partial charge in [0.15, 0.2) is 0 Å². The number of pyridine rings is 3. The van der Waals surface area contributed by atoms with E-state index in [1.807, 2.05) is 73.2 Å². The summed E-state index contributed by atoms with van der Waals surface area (Å²) in [5.74, 6) is 0. The molecule has 0 saturated heterocycles. The van der Waals surface area contributed by atoms with Crippen molar-refractivity contribution in [2.24, 2.45) is 15.0 Å². The molecule has 0 saturated carbocycles. The maximum atomic E-state index is 8.49. The van der Waals surface area contributed by atoms with Crippen LogP contribution in [0.5, 0.6) is 0 Å². The molecule has 0 aliphatic carbocycles. The smallest absolute Gasteiger partial charge is 0.298 e. The van der Waals surface area contributed by atoms with Crippen LogP contribution in [-0.4, -0.2) is 77.8 Å². The van der Waals surface area contributed by atoms with Crippen LogP contribution in [0.2, 0.25) is 0 Å². The number of nitrogens with zero attached hydrogens (tertiary/aromatic N) is 7. The molecule has 3 heterocycles. The van der Waals surface area contributed by atoms with Gasteiger partial charge in [-0.15, -0.1) is 20.5 Å². The van der Waals surface area contributed by atoms with Crippen LogP contribution in [0.4, 0.5) is 0 Å². The minimum atomic E-state index is -4.94. The molecular formula is C24H27CdCl2N7O8. The third kappa shape index (κ3) is 27.8. The second-order valence-electron chi connectivity index (χ2n) is 7.47. The molecular weight excluding hydrogens is 698 g/mol. The number of aromatic nitrogens is 3. The Bertz CT molecular complexity index is 1010. The molecule has 3 rings (SSSR count). The third-order valence-corrected chi connectivity index (χ3v) is 4.37. The summed E-state index contributed by atoms with van der Waals surface area (Å²) in [6.45, 7) is 4.60. The molecule has 0 aromatic carbocycles. The molecule has 15 nitrogen and oxygen atoms in total. The molecule has 222 valence electrons. The second kappa shape index (κ2) is 23.1. The maximum Gasteiger partial charge on any atom is 2.00 e. The van der Waals surface area contributed by atoms with Crippen molar-refractivity contribution in [2.75, 3.05) is 39.3 Å². The summed E-state index contributed by atoms with van der Waals surface area (Å²) >= 11 is 0. The van der Waals surface area contributed by atoms with Gasteiger partial charge in [0, 0.05) is 56.9 Å². The molecule has 0 aliphatic rings. The zero-order valence-electron chi connectivity index (χ0n) is 22.3. The van der Waals surface area contributed by atoms with Gasteiger partial charge in [-0.05, 0) is 36.4 Å². The second-order valence-corrected chi connectivity index (χ2v) is 8.98. The third-order valence-electron chi connectivity index (χ3n) is 4.37.